The fourth-order valence-corrected chi connectivity index (χ4v) is 2.05. The molecular formula is C12H15N5O3. The van der Waals surface area contributed by atoms with Crippen LogP contribution in [-0.2, 0) is 4.79 Å². The molecule has 8 heteroatoms. The zero-order chi connectivity index (χ0) is 14.5. The van der Waals surface area contributed by atoms with Crippen LogP contribution in [0.1, 0.15) is 32.2 Å². The molecule has 0 radical (unpaired) electrons. The lowest BCUT2D eigenvalue weighted by Gasteiger charge is -2.15. The number of pyridine rings is 1. The summed E-state index contributed by atoms with van der Waals surface area (Å²) in [5.41, 5.74) is 0.106. The SMILES string of the molecule is CCCC(CC(=O)O)n1nnnc1-c1c[nH]ccc1=O. The molecule has 0 saturated carbocycles. The maximum atomic E-state index is 11.8. The van der Waals surface area contributed by atoms with Gasteiger partial charge in [0, 0.05) is 18.5 Å². The van der Waals surface area contributed by atoms with Crippen molar-refractivity contribution in [2.45, 2.75) is 32.2 Å². The minimum absolute atomic E-state index is 0.0867. The number of carboxylic acids is 1. The van der Waals surface area contributed by atoms with E-state index >= 15 is 0 Å². The van der Waals surface area contributed by atoms with Crippen LogP contribution in [0, 0.1) is 0 Å². The van der Waals surface area contributed by atoms with Gasteiger partial charge >= 0.3 is 5.97 Å². The lowest BCUT2D eigenvalue weighted by molar-refractivity contribution is -0.138. The first-order chi connectivity index (χ1) is 9.63. The van der Waals surface area contributed by atoms with Gasteiger partial charge in [0.15, 0.2) is 11.3 Å². The van der Waals surface area contributed by atoms with Crippen LogP contribution in [0.25, 0.3) is 11.4 Å². The van der Waals surface area contributed by atoms with Crippen molar-refractivity contribution in [3.05, 3.63) is 28.7 Å². The molecule has 2 rings (SSSR count). The van der Waals surface area contributed by atoms with Crippen LogP contribution in [0.5, 0.6) is 0 Å². The highest BCUT2D eigenvalue weighted by atomic mass is 16.4. The van der Waals surface area contributed by atoms with Gasteiger partial charge in [-0.2, -0.15) is 0 Å². The van der Waals surface area contributed by atoms with Crippen LogP contribution in [0.15, 0.2) is 23.3 Å². The summed E-state index contributed by atoms with van der Waals surface area (Å²) < 4.78 is 1.42. The molecule has 106 valence electrons. The second kappa shape index (κ2) is 6.09. The summed E-state index contributed by atoms with van der Waals surface area (Å²) >= 11 is 0. The number of aromatic amines is 1. The van der Waals surface area contributed by atoms with Gasteiger partial charge in [-0.3, -0.25) is 9.59 Å². The Kier molecular flexibility index (Phi) is 4.24. The first-order valence-corrected chi connectivity index (χ1v) is 6.30. The molecule has 2 N–H and O–H groups in total. The van der Waals surface area contributed by atoms with Gasteiger partial charge in [0.1, 0.15) is 0 Å². The van der Waals surface area contributed by atoms with Crippen molar-refractivity contribution in [3.8, 4) is 11.4 Å². The van der Waals surface area contributed by atoms with Crippen molar-refractivity contribution in [1.29, 1.82) is 0 Å². The number of nitrogens with zero attached hydrogens (tertiary/aromatic N) is 4. The van der Waals surface area contributed by atoms with Crippen molar-refractivity contribution in [2.75, 3.05) is 0 Å². The van der Waals surface area contributed by atoms with Gasteiger partial charge in [-0.15, -0.1) is 5.10 Å². The summed E-state index contributed by atoms with van der Waals surface area (Å²) in [4.78, 5) is 25.6. The van der Waals surface area contributed by atoms with Crippen molar-refractivity contribution in [3.63, 3.8) is 0 Å². The zero-order valence-corrected chi connectivity index (χ0v) is 11.0. The number of aromatic nitrogens is 5. The Labute approximate surface area is 114 Å². The van der Waals surface area contributed by atoms with Gasteiger partial charge < -0.3 is 10.1 Å². The number of carboxylic acid groups (broad SMARTS) is 1. The fourth-order valence-electron chi connectivity index (χ4n) is 2.05. The predicted octanol–water partition coefficient (Wildman–Crippen LogP) is 0.844. The van der Waals surface area contributed by atoms with Crippen LogP contribution >= 0.6 is 0 Å². The highest BCUT2D eigenvalue weighted by Crippen LogP contribution is 2.22. The number of nitrogens with one attached hydrogen (secondary N) is 1. The number of aliphatic carboxylic acids is 1. The van der Waals surface area contributed by atoms with E-state index in [0.29, 0.717) is 12.0 Å². The van der Waals surface area contributed by atoms with Gasteiger partial charge in [0.05, 0.1) is 18.0 Å². The maximum Gasteiger partial charge on any atom is 0.305 e. The third-order valence-electron chi connectivity index (χ3n) is 2.94. The zero-order valence-electron chi connectivity index (χ0n) is 11.0. The van der Waals surface area contributed by atoms with Crippen LogP contribution in [-0.4, -0.2) is 36.3 Å². The first-order valence-electron chi connectivity index (χ1n) is 6.30. The molecule has 0 amide bonds. The average molecular weight is 277 g/mol. The van der Waals surface area contributed by atoms with E-state index in [1.165, 1.54) is 23.1 Å². The Morgan fingerprint density at radius 1 is 1.55 bits per heavy atom. The van der Waals surface area contributed by atoms with E-state index < -0.39 is 5.97 Å². The molecular weight excluding hydrogens is 262 g/mol. The highest BCUT2D eigenvalue weighted by Gasteiger charge is 2.21. The number of carbonyl (C=O) groups is 1. The quantitative estimate of drug-likeness (QED) is 0.808. The van der Waals surface area contributed by atoms with Gasteiger partial charge in [0.2, 0.25) is 0 Å². The molecule has 2 heterocycles. The van der Waals surface area contributed by atoms with E-state index in [1.807, 2.05) is 6.92 Å². The largest absolute Gasteiger partial charge is 0.481 e. The van der Waals surface area contributed by atoms with Crippen LogP contribution in [0.4, 0.5) is 0 Å². The number of hydrogen-bond donors (Lipinski definition) is 2. The fraction of sp³-hybridized carbons (Fsp3) is 0.417. The van der Waals surface area contributed by atoms with Crippen LogP contribution < -0.4 is 5.43 Å². The lowest BCUT2D eigenvalue weighted by atomic mass is 10.1. The summed E-state index contributed by atoms with van der Waals surface area (Å²) in [6.45, 7) is 1.95. The standard InChI is InChI=1S/C12H15N5O3/c1-2-3-8(6-11(19)20)17-12(14-15-16-17)9-7-13-5-4-10(9)18/h4-5,7-8H,2-3,6H2,1H3,(H,13,18)(H,19,20). The molecule has 0 saturated heterocycles. The van der Waals surface area contributed by atoms with E-state index in [4.69, 9.17) is 5.11 Å². The molecule has 0 aromatic carbocycles. The van der Waals surface area contributed by atoms with Gasteiger partial charge in [-0.1, -0.05) is 13.3 Å². The van der Waals surface area contributed by atoms with E-state index in [0.717, 1.165) is 6.42 Å². The number of hydrogen-bond acceptors (Lipinski definition) is 5. The molecule has 20 heavy (non-hydrogen) atoms. The van der Waals surface area contributed by atoms with Crippen molar-refractivity contribution >= 4 is 5.97 Å². The van der Waals surface area contributed by atoms with Gasteiger partial charge in [0.25, 0.3) is 0 Å². The maximum absolute atomic E-state index is 11.8. The minimum atomic E-state index is -0.924. The van der Waals surface area contributed by atoms with E-state index in [1.54, 1.807) is 0 Å². The molecule has 0 bridgehead atoms. The molecule has 0 aliphatic heterocycles. The Bertz CT molecular complexity index is 648. The van der Waals surface area contributed by atoms with Crippen molar-refractivity contribution < 1.29 is 9.90 Å². The molecule has 1 unspecified atom stereocenters. The second-order valence-corrected chi connectivity index (χ2v) is 4.41. The van der Waals surface area contributed by atoms with Crippen molar-refractivity contribution in [1.82, 2.24) is 25.2 Å². The Hall–Kier alpha value is -2.51. The van der Waals surface area contributed by atoms with Gasteiger partial charge in [-0.05, 0) is 16.8 Å². The summed E-state index contributed by atoms with van der Waals surface area (Å²) in [7, 11) is 0. The molecule has 8 nitrogen and oxygen atoms in total. The topological polar surface area (TPSA) is 114 Å². The number of rotatable bonds is 6. The normalized spacial score (nSPS) is 12.2. The monoisotopic (exact) mass is 277 g/mol. The Morgan fingerprint density at radius 3 is 3.00 bits per heavy atom. The van der Waals surface area contributed by atoms with Crippen LogP contribution in [0.3, 0.4) is 0 Å². The summed E-state index contributed by atoms with van der Waals surface area (Å²) in [6.07, 6.45) is 4.35. The molecule has 0 fully saturated rings. The van der Waals surface area contributed by atoms with E-state index in [2.05, 4.69) is 20.5 Å². The van der Waals surface area contributed by atoms with Crippen molar-refractivity contribution in [2.24, 2.45) is 0 Å². The molecule has 0 aliphatic carbocycles. The summed E-state index contributed by atoms with van der Waals surface area (Å²) in [5, 5.41) is 20.2. The molecule has 2 aromatic rings. The van der Waals surface area contributed by atoms with Gasteiger partial charge in [-0.25, -0.2) is 4.68 Å². The molecule has 2 aromatic heterocycles. The molecule has 0 aliphatic rings. The Balaban J connectivity index is 2.43. The van der Waals surface area contributed by atoms with E-state index in [9.17, 15) is 9.59 Å². The van der Waals surface area contributed by atoms with E-state index in [-0.39, 0.29) is 23.7 Å². The number of tetrazole rings is 1. The first kappa shape index (κ1) is 13.9. The third kappa shape index (κ3) is 2.90. The number of H-pyrrole nitrogens is 1. The predicted molar refractivity (Wildman–Crippen MR) is 70.1 cm³/mol. The second-order valence-electron chi connectivity index (χ2n) is 4.41. The highest BCUT2D eigenvalue weighted by molar-refractivity contribution is 5.67. The average Bonchev–Trinajstić information content (AvgIpc) is 2.87. The smallest absolute Gasteiger partial charge is 0.305 e. The lowest BCUT2D eigenvalue weighted by Crippen LogP contribution is -2.18. The molecule has 1 atom stereocenters. The summed E-state index contributed by atoms with van der Waals surface area (Å²) in [6, 6.07) is 1.00. The summed E-state index contributed by atoms with van der Waals surface area (Å²) in [5.74, 6) is -0.640. The minimum Gasteiger partial charge on any atom is -0.481 e. The van der Waals surface area contributed by atoms with Crippen LogP contribution in [0.2, 0.25) is 0 Å². The molecule has 0 spiro atoms. The third-order valence-corrected chi connectivity index (χ3v) is 2.94. The Morgan fingerprint density at radius 2 is 2.35 bits per heavy atom.